The summed E-state index contributed by atoms with van der Waals surface area (Å²) in [7, 11) is -3.55. The summed E-state index contributed by atoms with van der Waals surface area (Å²) in [5.74, 6) is 0.214. The monoisotopic (exact) mass is 344 g/mol. The van der Waals surface area contributed by atoms with E-state index in [4.69, 9.17) is 0 Å². The number of piperidine rings is 1. The van der Waals surface area contributed by atoms with Crippen molar-refractivity contribution in [3.63, 3.8) is 0 Å². The van der Waals surface area contributed by atoms with Gasteiger partial charge in [-0.25, -0.2) is 8.42 Å². The van der Waals surface area contributed by atoms with Crippen molar-refractivity contribution in [2.24, 2.45) is 5.92 Å². The highest BCUT2D eigenvalue weighted by molar-refractivity contribution is 7.89. The maximum absolute atomic E-state index is 12.7. The predicted molar refractivity (Wildman–Crippen MR) is 88.7 cm³/mol. The van der Waals surface area contributed by atoms with Crippen molar-refractivity contribution in [2.45, 2.75) is 44.4 Å². The molecule has 0 bridgehead atoms. The van der Waals surface area contributed by atoms with E-state index in [1.165, 1.54) is 15.6 Å². The molecular formula is C15H24N2O3S2. The molecule has 1 saturated heterocycles. The second-order valence-corrected chi connectivity index (χ2v) is 8.84. The smallest absolute Gasteiger partial charge is 0.262 e. The Bertz CT molecular complexity index is 602. The van der Waals surface area contributed by atoms with Crippen molar-refractivity contribution in [3.8, 4) is 0 Å². The third-order valence-electron chi connectivity index (χ3n) is 3.78. The van der Waals surface area contributed by atoms with E-state index < -0.39 is 10.0 Å². The van der Waals surface area contributed by atoms with Gasteiger partial charge in [-0.05, 0) is 36.6 Å². The topological polar surface area (TPSA) is 66.5 Å². The zero-order valence-electron chi connectivity index (χ0n) is 13.2. The van der Waals surface area contributed by atoms with Crippen molar-refractivity contribution >= 4 is 27.3 Å². The van der Waals surface area contributed by atoms with Crippen LogP contribution in [0.2, 0.25) is 0 Å². The minimum atomic E-state index is -3.55. The Hall–Kier alpha value is -0.920. The molecule has 5 nitrogen and oxygen atoms in total. The molecule has 2 rings (SSSR count). The standard InChI is InChI=1S/C15H24N2O3S2/c1-12(2)6-8-16-15(18)14-13(7-11-21-14)22(19,20)17-9-4-3-5-10-17/h7,11-12H,3-6,8-10H2,1-2H3,(H,16,18). The molecule has 1 aromatic rings. The molecule has 7 heteroatoms. The van der Waals surface area contributed by atoms with E-state index in [2.05, 4.69) is 19.2 Å². The lowest BCUT2D eigenvalue weighted by Crippen LogP contribution is -2.36. The highest BCUT2D eigenvalue weighted by Gasteiger charge is 2.30. The summed E-state index contributed by atoms with van der Waals surface area (Å²) in [6, 6.07) is 1.55. The van der Waals surface area contributed by atoms with Crippen LogP contribution >= 0.6 is 11.3 Å². The Kier molecular flexibility index (Phi) is 6.00. The van der Waals surface area contributed by atoms with Crippen molar-refractivity contribution in [2.75, 3.05) is 19.6 Å². The molecule has 1 amide bonds. The fraction of sp³-hybridized carbons (Fsp3) is 0.667. The van der Waals surface area contributed by atoms with E-state index in [1.54, 1.807) is 11.4 Å². The van der Waals surface area contributed by atoms with E-state index >= 15 is 0 Å². The minimum Gasteiger partial charge on any atom is -0.351 e. The maximum atomic E-state index is 12.7. The zero-order chi connectivity index (χ0) is 16.2. The van der Waals surface area contributed by atoms with Crippen LogP contribution in [0.3, 0.4) is 0 Å². The van der Waals surface area contributed by atoms with Gasteiger partial charge in [0.05, 0.1) is 0 Å². The lowest BCUT2D eigenvalue weighted by atomic mass is 10.1. The normalized spacial score (nSPS) is 16.9. The fourth-order valence-electron chi connectivity index (χ4n) is 2.47. The first-order valence-electron chi connectivity index (χ1n) is 7.78. The Balaban J connectivity index is 2.12. The van der Waals surface area contributed by atoms with E-state index in [0.29, 0.717) is 30.4 Å². The van der Waals surface area contributed by atoms with Crippen LogP contribution in [-0.2, 0) is 10.0 Å². The van der Waals surface area contributed by atoms with Crippen LogP contribution in [-0.4, -0.2) is 38.3 Å². The third-order valence-corrected chi connectivity index (χ3v) is 6.76. The lowest BCUT2D eigenvalue weighted by molar-refractivity contribution is 0.0953. The Labute approximate surface area is 136 Å². The molecule has 124 valence electrons. The molecular weight excluding hydrogens is 320 g/mol. The number of amides is 1. The van der Waals surface area contributed by atoms with Gasteiger partial charge in [0.2, 0.25) is 10.0 Å². The number of nitrogens with one attached hydrogen (secondary N) is 1. The van der Waals surface area contributed by atoms with Crippen LogP contribution in [0.5, 0.6) is 0 Å². The Morgan fingerprint density at radius 1 is 1.32 bits per heavy atom. The van der Waals surface area contributed by atoms with Gasteiger partial charge in [-0.15, -0.1) is 11.3 Å². The molecule has 1 N–H and O–H groups in total. The Morgan fingerprint density at radius 3 is 2.64 bits per heavy atom. The van der Waals surface area contributed by atoms with Gasteiger partial charge < -0.3 is 5.32 Å². The average molecular weight is 345 g/mol. The number of nitrogens with zero attached hydrogens (tertiary/aromatic N) is 1. The van der Waals surface area contributed by atoms with Gasteiger partial charge in [0.25, 0.3) is 5.91 Å². The summed E-state index contributed by atoms with van der Waals surface area (Å²) < 4.78 is 26.9. The lowest BCUT2D eigenvalue weighted by Gasteiger charge is -2.25. The van der Waals surface area contributed by atoms with Gasteiger partial charge in [-0.3, -0.25) is 4.79 Å². The van der Waals surface area contributed by atoms with Gasteiger partial charge in [0, 0.05) is 19.6 Å². The van der Waals surface area contributed by atoms with Crippen LogP contribution in [0.4, 0.5) is 0 Å². The highest BCUT2D eigenvalue weighted by atomic mass is 32.2. The van der Waals surface area contributed by atoms with Gasteiger partial charge >= 0.3 is 0 Å². The zero-order valence-corrected chi connectivity index (χ0v) is 14.8. The largest absolute Gasteiger partial charge is 0.351 e. The molecule has 0 aromatic carbocycles. The number of hydrogen-bond acceptors (Lipinski definition) is 4. The van der Waals surface area contributed by atoms with Gasteiger partial charge in [0.1, 0.15) is 9.77 Å². The summed E-state index contributed by atoms with van der Waals surface area (Å²) in [5, 5.41) is 4.50. The predicted octanol–water partition coefficient (Wildman–Crippen LogP) is 2.70. The van der Waals surface area contributed by atoms with Crippen molar-refractivity contribution < 1.29 is 13.2 Å². The third kappa shape index (κ3) is 4.08. The number of thiophene rings is 1. The first kappa shape index (κ1) is 17.4. The number of rotatable bonds is 6. The summed E-state index contributed by atoms with van der Waals surface area (Å²) in [5.41, 5.74) is 0. The molecule has 1 aliphatic heterocycles. The molecule has 0 unspecified atom stereocenters. The molecule has 0 saturated carbocycles. The number of sulfonamides is 1. The molecule has 1 fully saturated rings. The Morgan fingerprint density at radius 2 is 2.00 bits per heavy atom. The number of carbonyl (C=O) groups is 1. The highest BCUT2D eigenvalue weighted by Crippen LogP contribution is 2.27. The van der Waals surface area contributed by atoms with Crippen LogP contribution in [0.15, 0.2) is 16.3 Å². The molecule has 2 heterocycles. The molecule has 22 heavy (non-hydrogen) atoms. The van der Waals surface area contributed by atoms with Crippen LogP contribution in [0.1, 0.15) is 49.2 Å². The average Bonchev–Trinajstić information content (AvgIpc) is 2.98. The van der Waals surface area contributed by atoms with Crippen LogP contribution < -0.4 is 5.32 Å². The summed E-state index contributed by atoms with van der Waals surface area (Å²) >= 11 is 1.19. The molecule has 0 spiro atoms. The van der Waals surface area contributed by atoms with E-state index in [0.717, 1.165) is 25.7 Å². The van der Waals surface area contributed by atoms with Crippen molar-refractivity contribution in [3.05, 3.63) is 16.3 Å². The van der Waals surface area contributed by atoms with Crippen molar-refractivity contribution in [1.82, 2.24) is 9.62 Å². The second-order valence-electron chi connectivity index (χ2n) is 6.02. The van der Waals surface area contributed by atoms with Crippen molar-refractivity contribution in [1.29, 1.82) is 0 Å². The maximum Gasteiger partial charge on any atom is 0.262 e. The molecule has 1 aromatic heterocycles. The fourth-order valence-corrected chi connectivity index (χ4v) is 5.30. The number of carbonyl (C=O) groups excluding carboxylic acids is 1. The van der Waals surface area contributed by atoms with Gasteiger partial charge in [-0.2, -0.15) is 4.31 Å². The molecule has 0 atom stereocenters. The summed E-state index contributed by atoms with van der Waals surface area (Å²) in [6.07, 6.45) is 3.72. The first-order chi connectivity index (χ1) is 10.4. The minimum absolute atomic E-state index is 0.154. The molecule has 0 radical (unpaired) electrons. The molecule has 0 aliphatic carbocycles. The van der Waals surface area contributed by atoms with Crippen LogP contribution in [0, 0.1) is 5.92 Å². The summed E-state index contributed by atoms with van der Waals surface area (Å²) in [4.78, 5) is 12.7. The second kappa shape index (κ2) is 7.57. The van der Waals surface area contributed by atoms with E-state index in [-0.39, 0.29) is 10.8 Å². The quantitative estimate of drug-likeness (QED) is 0.863. The summed E-state index contributed by atoms with van der Waals surface area (Å²) in [6.45, 7) is 5.84. The SMILES string of the molecule is CC(C)CCNC(=O)c1sccc1S(=O)(=O)N1CCCCC1. The van der Waals surface area contributed by atoms with Crippen LogP contribution in [0.25, 0.3) is 0 Å². The van der Waals surface area contributed by atoms with E-state index in [9.17, 15) is 13.2 Å². The first-order valence-corrected chi connectivity index (χ1v) is 10.1. The number of hydrogen-bond donors (Lipinski definition) is 1. The molecule has 1 aliphatic rings. The van der Waals surface area contributed by atoms with Gasteiger partial charge in [0.15, 0.2) is 0 Å². The van der Waals surface area contributed by atoms with E-state index in [1.807, 2.05) is 0 Å². The van der Waals surface area contributed by atoms with Gasteiger partial charge in [-0.1, -0.05) is 20.3 Å².